The van der Waals surface area contributed by atoms with E-state index in [0.717, 1.165) is 11.8 Å². The monoisotopic (exact) mass is 478 g/mol. The molecule has 0 aliphatic heterocycles. The molecule has 0 aliphatic rings. The number of fused-ring (bicyclic) bond motifs is 1. The SMILES string of the molecule is COc1nc(NC(=O)C(Cl)(Cl)Sc2nc(N)nc3nc[nH]c23)ncc1Br. The number of aromatic nitrogens is 6. The molecule has 0 aromatic carbocycles. The van der Waals surface area contributed by atoms with Crippen molar-refractivity contribution in [3.8, 4) is 5.88 Å². The van der Waals surface area contributed by atoms with Crippen LogP contribution >= 0.6 is 50.9 Å². The van der Waals surface area contributed by atoms with Gasteiger partial charge in [0.05, 0.1) is 24.1 Å². The van der Waals surface area contributed by atoms with Crippen LogP contribution in [0.2, 0.25) is 0 Å². The number of H-pyrrole nitrogens is 1. The van der Waals surface area contributed by atoms with Gasteiger partial charge in [0.1, 0.15) is 10.5 Å². The summed E-state index contributed by atoms with van der Waals surface area (Å²) in [4.78, 5) is 35.2. The second kappa shape index (κ2) is 7.39. The molecular formula is C12H9BrCl2N8O2S. The zero-order chi connectivity index (χ0) is 18.9. The number of carbonyl (C=O) groups is 1. The Balaban J connectivity index is 1.83. The Morgan fingerprint density at radius 1 is 1.38 bits per heavy atom. The van der Waals surface area contributed by atoms with E-state index in [4.69, 9.17) is 33.7 Å². The normalized spacial score (nSPS) is 11.5. The summed E-state index contributed by atoms with van der Waals surface area (Å²) in [6, 6.07) is 0. The van der Waals surface area contributed by atoms with Gasteiger partial charge in [-0.1, -0.05) is 35.0 Å². The third-order valence-corrected chi connectivity index (χ3v) is 5.17. The number of amides is 1. The summed E-state index contributed by atoms with van der Waals surface area (Å²) >= 11 is 16.3. The molecule has 14 heteroatoms. The lowest BCUT2D eigenvalue weighted by atomic mass is 10.5. The van der Waals surface area contributed by atoms with Crippen molar-refractivity contribution in [1.82, 2.24) is 29.9 Å². The number of carbonyl (C=O) groups excluding carboxylic acids is 1. The smallest absolute Gasteiger partial charge is 0.274 e. The minimum atomic E-state index is -1.96. The number of halogens is 3. The van der Waals surface area contributed by atoms with Gasteiger partial charge < -0.3 is 15.5 Å². The maximum atomic E-state index is 12.5. The quantitative estimate of drug-likeness (QED) is 0.285. The molecule has 10 nitrogen and oxygen atoms in total. The molecule has 1 amide bonds. The molecule has 0 saturated carbocycles. The zero-order valence-electron chi connectivity index (χ0n) is 12.8. The van der Waals surface area contributed by atoms with Gasteiger partial charge in [0.2, 0.25) is 21.4 Å². The number of ether oxygens (including phenoxy) is 1. The van der Waals surface area contributed by atoms with Gasteiger partial charge in [0.15, 0.2) is 5.65 Å². The molecule has 0 aliphatic carbocycles. The Morgan fingerprint density at radius 3 is 2.88 bits per heavy atom. The number of alkyl halides is 2. The summed E-state index contributed by atoms with van der Waals surface area (Å²) in [5.74, 6) is -0.603. The van der Waals surface area contributed by atoms with Crippen molar-refractivity contribution in [3.05, 3.63) is 17.0 Å². The van der Waals surface area contributed by atoms with Crippen LogP contribution in [0.1, 0.15) is 0 Å². The number of nitrogens with zero attached hydrogens (tertiary/aromatic N) is 5. The van der Waals surface area contributed by atoms with Crippen LogP contribution in [0.3, 0.4) is 0 Å². The number of nitrogens with one attached hydrogen (secondary N) is 2. The number of methoxy groups -OCH3 is 1. The first kappa shape index (κ1) is 18.9. The van der Waals surface area contributed by atoms with Crippen molar-refractivity contribution in [1.29, 1.82) is 0 Å². The number of nitrogen functional groups attached to an aromatic ring is 1. The van der Waals surface area contributed by atoms with E-state index in [1.807, 2.05) is 0 Å². The Bertz CT molecular complexity index is 985. The number of imidazole rings is 1. The standard InChI is InChI=1S/C12H9BrCl2N8O2S/c1-25-7-4(13)2-17-11(21-7)23-9(24)12(14,15)26-8-5-6(19-3-18-5)20-10(16)22-8/h2-3H,1H3,(H,17,21,23,24)(H3,16,18,19,20,22). The molecule has 3 rings (SSSR count). The summed E-state index contributed by atoms with van der Waals surface area (Å²) in [6.07, 6.45) is 2.83. The van der Waals surface area contributed by atoms with Crippen molar-refractivity contribution in [3.63, 3.8) is 0 Å². The lowest BCUT2D eigenvalue weighted by Crippen LogP contribution is -2.30. The highest BCUT2D eigenvalue weighted by molar-refractivity contribution is 9.10. The largest absolute Gasteiger partial charge is 0.480 e. The molecule has 0 bridgehead atoms. The zero-order valence-corrected chi connectivity index (χ0v) is 16.7. The van der Waals surface area contributed by atoms with E-state index in [-0.39, 0.29) is 22.8 Å². The molecule has 0 atom stereocenters. The number of nitrogens with two attached hydrogens (primary N) is 1. The van der Waals surface area contributed by atoms with E-state index in [1.54, 1.807) is 0 Å². The average molecular weight is 480 g/mol. The van der Waals surface area contributed by atoms with E-state index in [9.17, 15) is 4.79 Å². The molecule has 0 spiro atoms. The van der Waals surface area contributed by atoms with Crippen LogP contribution < -0.4 is 15.8 Å². The fraction of sp³-hybridized carbons (Fsp3) is 0.167. The second-order valence-electron chi connectivity index (χ2n) is 4.61. The van der Waals surface area contributed by atoms with Gasteiger partial charge in [-0.25, -0.2) is 15.0 Å². The highest BCUT2D eigenvalue weighted by atomic mass is 79.9. The molecular weight excluding hydrogens is 471 g/mol. The molecule has 0 saturated heterocycles. The number of hydrogen-bond donors (Lipinski definition) is 3. The van der Waals surface area contributed by atoms with E-state index >= 15 is 0 Å². The van der Waals surface area contributed by atoms with Crippen molar-refractivity contribution >= 4 is 79.9 Å². The number of rotatable bonds is 5. The second-order valence-corrected chi connectivity index (χ2v) is 8.44. The van der Waals surface area contributed by atoms with Gasteiger partial charge in [-0.2, -0.15) is 9.97 Å². The minimum absolute atomic E-state index is 0.0300. The Kier molecular flexibility index (Phi) is 5.37. The van der Waals surface area contributed by atoms with Crippen LogP contribution in [0.5, 0.6) is 5.88 Å². The molecule has 0 fully saturated rings. The Labute approximate surface area is 168 Å². The number of thioether (sulfide) groups is 1. The van der Waals surface area contributed by atoms with Gasteiger partial charge in [0, 0.05) is 0 Å². The lowest BCUT2D eigenvalue weighted by Gasteiger charge is -2.17. The van der Waals surface area contributed by atoms with Crippen molar-refractivity contribution < 1.29 is 9.53 Å². The average Bonchev–Trinajstić information content (AvgIpc) is 3.04. The number of anilines is 2. The minimum Gasteiger partial charge on any atom is -0.480 e. The summed E-state index contributed by atoms with van der Waals surface area (Å²) in [6.45, 7) is 0. The van der Waals surface area contributed by atoms with Gasteiger partial charge in [-0.05, 0) is 15.9 Å². The van der Waals surface area contributed by atoms with Crippen LogP contribution in [0.4, 0.5) is 11.9 Å². The molecule has 26 heavy (non-hydrogen) atoms. The van der Waals surface area contributed by atoms with Crippen LogP contribution in [-0.4, -0.2) is 46.6 Å². The van der Waals surface area contributed by atoms with Crippen LogP contribution in [0.15, 0.2) is 22.0 Å². The van der Waals surface area contributed by atoms with E-state index in [1.165, 1.54) is 19.6 Å². The van der Waals surface area contributed by atoms with E-state index < -0.39 is 9.57 Å². The predicted molar refractivity (Wildman–Crippen MR) is 101 cm³/mol. The fourth-order valence-corrected chi connectivity index (χ4v) is 3.46. The Morgan fingerprint density at radius 2 is 2.15 bits per heavy atom. The third kappa shape index (κ3) is 3.92. The van der Waals surface area contributed by atoms with Gasteiger partial charge >= 0.3 is 0 Å². The van der Waals surface area contributed by atoms with Crippen molar-refractivity contribution in [2.24, 2.45) is 0 Å². The first-order valence-corrected chi connectivity index (χ1v) is 9.08. The van der Waals surface area contributed by atoms with Crippen LogP contribution in [0, 0.1) is 0 Å². The van der Waals surface area contributed by atoms with Crippen molar-refractivity contribution in [2.75, 3.05) is 18.2 Å². The Hall–Kier alpha value is -1.89. The maximum absolute atomic E-state index is 12.5. The summed E-state index contributed by atoms with van der Waals surface area (Å²) < 4.78 is 3.60. The first-order chi connectivity index (χ1) is 12.3. The van der Waals surface area contributed by atoms with E-state index in [2.05, 4.69) is 51.2 Å². The number of aromatic amines is 1. The fourth-order valence-electron chi connectivity index (χ4n) is 1.79. The molecule has 0 unspecified atom stereocenters. The summed E-state index contributed by atoms with van der Waals surface area (Å²) in [5, 5.41) is 2.68. The maximum Gasteiger partial charge on any atom is 0.274 e. The highest BCUT2D eigenvalue weighted by Gasteiger charge is 2.37. The van der Waals surface area contributed by atoms with Crippen LogP contribution in [0.25, 0.3) is 11.2 Å². The van der Waals surface area contributed by atoms with Gasteiger partial charge in [-0.15, -0.1) is 0 Å². The summed E-state index contributed by atoms with van der Waals surface area (Å²) in [5.41, 5.74) is 6.41. The third-order valence-electron chi connectivity index (χ3n) is 2.89. The van der Waals surface area contributed by atoms with Crippen LogP contribution in [-0.2, 0) is 4.79 Å². The topological polar surface area (TPSA) is 145 Å². The molecule has 4 N–H and O–H groups in total. The van der Waals surface area contributed by atoms with Crippen molar-refractivity contribution in [2.45, 2.75) is 8.69 Å². The highest BCUT2D eigenvalue weighted by Crippen LogP contribution is 2.42. The number of hydrogen-bond acceptors (Lipinski definition) is 9. The summed E-state index contributed by atoms with van der Waals surface area (Å²) in [7, 11) is 1.43. The molecule has 0 radical (unpaired) electrons. The van der Waals surface area contributed by atoms with E-state index in [0.29, 0.717) is 15.6 Å². The molecule has 3 aromatic heterocycles. The molecule has 3 heterocycles. The lowest BCUT2D eigenvalue weighted by molar-refractivity contribution is -0.115. The molecule has 136 valence electrons. The predicted octanol–water partition coefficient (Wildman–Crippen LogP) is 2.36. The van der Waals surface area contributed by atoms with Gasteiger partial charge in [0.25, 0.3) is 5.91 Å². The first-order valence-electron chi connectivity index (χ1n) is 6.71. The molecule has 3 aromatic rings. The van der Waals surface area contributed by atoms with Gasteiger partial charge in [-0.3, -0.25) is 10.1 Å².